The first-order chi connectivity index (χ1) is 13.3. The van der Waals surface area contributed by atoms with Gasteiger partial charge in [0.05, 0.1) is 56.2 Å². The molecule has 0 saturated heterocycles. The van der Waals surface area contributed by atoms with E-state index in [0.29, 0.717) is 0 Å². The summed E-state index contributed by atoms with van der Waals surface area (Å²) in [5.74, 6) is -0.892. The molecule has 0 heterocycles. The Balaban J connectivity index is 0.00000450. The third-order valence-corrected chi connectivity index (χ3v) is 8.02. The monoisotopic (exact) mass is 616 g/mol. The summed E-state index contributed by atoms with van der Waals surface area (Å²) in [4.78, 5) is 0. The predicted molar refractivity (Wildman–Crippen MR) is 125 cm³/mol. The van der Waals surface area contributed by atoms with Gasteiger partial charge in [0.15, 0.2) is 0 Å². The van der Waals surface area contributed by atoms with Gasteiger partial charge < -0.3 is 9.84 Å². The molecule has 2 aromatic rings. The summed E-state index contributed by atoms with van der Waals surface area (Å²) in [6.45, 7) is 3.26. The summed E-state index contributed by atoms with van der Waals surface area (Å²) in [5.41, 5.74) is -0.502. The Morgan fingerprint density at radius 3 is 1.03 bits per heavy atom. The van der Waals surface area contributed by atoms with Gasteiger partial charge in [-0.25, -0.2) is 0 Å². The first-order valence-electron chi connectivity index (χ1n) is 7.44. The molecular weight excluding hydrogens is 614 g/mol. The molecule has 0 aliphatic heterocycles. The van der Waals surface area contributed by atoms with Gasteiger partial charge in [0.1, 0.15) is 0 Å². The number of halogens is 10. The Bertz CT molecular complexity index is 907. The Morgan fingerprint density at radius 2 is 0.800 bits per heavy atom. The second-order valence-electron chi connectivity index (χ2n) is 5.72. The molecule has 0 aliphatic carbocycles. The summed E-state index contributed by atoms with van der Waals surface area (Å²) in [6.07, 6.45) is -0.524. The van der Waals surface area contributed by atoms with E-state index in [4.69, 9.17) is 121 Å². The fourth-order valence-electron chi connectivity index (χ4n) is 2.25. The first kappa shape index (κ1) is 29.7. The summed E-state index contributed by atoms with van der Waals surface area (Å²) >= 11 is 62.1. The van der Waals surface area contributed by atoms with Crippen LogP contribution in [0, 0.1) is 0 Å². The third-order valence-electron chi connectivity index (χ3n) is 3.47. The van der Waals surface area contributed by atoms with Gasteiger partial charge >= 0.3 is 29.6 Å². The van der Waals surface area contributed by atoms with Gasteiger partial charge in [-0.2, -0.15) is 0 Å². The van der Waals surface area contributed by atoms with Gasteiger partial charge in [-0.3, -0.25) is 0 Å². The molecule has 0 amide bonds. The van der Waals surface area contributed by atoms with Gasteiger partial charge in [-0.15, -0.1) is 0 Å². The molecule has 13 heteroatoms. The molecule has 0 N–H and O–H groups in total. The van der Waals surface area contributed by atoms with Gasteiger partial charge in [0, 0.05) is 16.7 Å². The standard InChI is InChI=1S/C17H8Cl10O2.Na/c1-3(2)29-17(28)4(5-7(18)11(22)15(26)12(23)8(5)19)6-9(20)13(24)16(27)14(25)10(6)21;/h3,28H,1-2H3;/q;+1/p-1. The van der Waals surface area contributed by atoms with Gasteiger partial charge in [-0.1, -0.05) is 130 Å². The Labute approximate surface area is 245 Å². The van der Waals surface area contributed by atoms with Crippen molar-refractivity contribution in [3.8, 4) is 0 Å². The zero-order chi connectivity index (χ0) is 22.4. The van der Waals surface area contributed by atoms with Crippen LogP contribution in [0.25, 0.3) is 5.57 Å². The van der Waals surface area contributed by atoms with Crippen LogP contribution in [0.2, 0.25) is 50.2 Å². The van der Waals surface area contributed by atoms with E-state index in [1.165, 1.54) is 0 Å². The number of benzene rings is 2. The van der Waals surface area contributed by atoms with E-state index in [1.807, 2.05) is 0 Å². The molecular formula is C17H7Cl10NaO2. The Kier molecular flexibility index (Phi) is 11.8. The van der Waals surface area contributed by atoms with E-state index >= 15 is 0 Å². The van der Waals surface area contributed by atoms with Crippen LogP contribution in [0.4, 0.5) is 0 Å². The second kappa shape index (κ2) is 11.9. The SMILES string of the molecule is CC(C)OC([O-])=C(c1c(Cl)c(Cl)c(Cl)c(Cl)c1Cl)c1c(Cl)c(Cl)c(Cl)c(Cl)c1Cl.[Na+]. The fourth-order valence-corrected chi connectivity index (χ4v) is 4.91. The van der Waals surface area contributed by atoms with Gasteiger partial charge in [0.2, 0.25) is 0 Å². The number of ether oxygens (including phenoxy) is 1. The third kappa shape index (κ3) is 5.66. The topological polar surface area (TPSA) is 32.3 Å². The minimum absolute atomic E-state index is 0. The van der Waals surface area contributed by atoms with Crippen molar-refractivity contribution in [3.05, 3.63) is 67.3 Å². The number of hydrogen-bond acceptors (Lipinski definition) is 2. The molecule has 0 saturated carbocycles. The molecule has 0 unspecified atom stereocenters. The predicted octanol–water partition coefficient (Wildman–Crippen LogP) is 6.73. The maximum absolute atomic E-state index is 13.0. The van der Waals surface area contributed by atoms with Crippen LogP contribution >= 0.6 is 116 Å². The Morgan fingerprint density at radius 1 is 0.567 bits per heavy atom. The number of rotatable bonds is 4. The largest absolute Gasteiger partial charge is 1.00 e. The van der Waals surface area contributed by atoms with Crippen molar-refractivity contribution in [1.82, 2.24) is 0 Å². The molecule has 0 fully saturated rings. The average molecular weight is 621 g/mol. The first-order valence-corrected chi connectivity index (χ1v) is 11.2. The zero-order valence-corrected chi connectivity index (χ0v) is 24.7. The summed E-state index contributed by atoms with van der Waals surface area (Å²) < 4.78 is 5.31. The van der Waals surface area contributed by atoms with Crippen molar-refractivity contribution < 1.29 is 39.4 Å². The minimum Gasteiger partial charge on any atom is -0.610 e. The van der Waals surface area contributed by atoms with Crippen molar-refractivity contribution >= 4 is 122 Å². The van der Waals surface area contributed by atoms with Crippen molar-refractivity contribution in [3.63, 3.8) is 0 Å². The molecule has 0 aliphatic rings. The van der Waals surface area contributed by atoms with Crippen LogP contribution in [-0.2, 0) is 4.74 Å². The fraction of sp³-hybridized carbons (Fsp3) is 0.176. The van der Waals surface area contributed by atoms with E-state index in [-0.39, 0.29) is 96.5 Å². The van der Waals surface area contributed by atoms with E-state index < -0.39 is 12.0 Å². The summed E-state index contributed by atoms with van der Waals surface area (Å²) in [6, 6.07) is 0. The molecule has 2 nitrogen and oxygen atoms in total. The summed E-state index contributed by atoms with van der Waals surface area (Å²) in [7, 11) is 0. The normalized spacial score (nSPS) is 10.8. The number of hydrogen-bond donors (Lipinski definition) is 0. The maximum Gasteiger partial charge on any atom is 1.00 e. The molecule has 0 atom stereocenters. The summed E-state index contributed by atoms with van der Waals surface area (Å²) in [5, 5.41) is 11.5. The van der Waals surface area contributed by atoms with Crippen LogP contribution in [0.3, 0.4) is 0 Å². The molecule has 0 bridgehead atoms. The van der Waals surface area contributed by atoms with Crippen molar-refractivity contribution in [1.29, 1.82) is 0 Å². The smallest absolute Gasteiger partial charge is 0.610 e. The molecule has 158 valence electrons. The van der Waals surface area contributed by atoms with Crippen molar-refractivity contribution in [2.24, 2.45) is 0 Å². The average Bonchev–Trinajstić information content (AvgIpc) is 2.66. The quantitative estimate of drug-likeness (QED) is 0.165. The second-order valence-corrected chi connectivity index (χ2v) is 9.50. The van der Waals surface area contributed by atoms with E-state index in [0.717, 1.165) is 0 Å². The minimum atomic E-state index is -0.892. The van der Waals surface area contributed by atoms with Crippen LogP contribution in [0.5, 0.6) is 0 Å². The molecule has 0 radical (unpaired) electrons. The Hall–Kier alpha value is 1.68. The van der Waals surface area contributed by atoms with Crippen LogP contribution in [0.15, 0.2) is 5.95 Å². The maximum atomic E-state index is 13.0. The van der Waals surface area contributed by atoms with E-state index in [9.17, 15) is 5.11 Å². The molecule has 30 heavy (non-hydrogen) atoms. The van der Waals surface area contributed by atoms with Gasteiger partial charge in [0.25, 0.3) is 0 Å². The van der Waals surface area contributed by atoms with E-state index in [1.54, 1.807) is 13.8 Å². The molecule has 2 rings (SSSR count). The molecule has 0 aromatic heterocycles. The van der Waals surface area contributed by atoms with Gasteiger partial charge in [-0.05, 0) is 6.10 Å². The van der Waals surface area contributed by atoms with E-state index in [2.05, 4.69) is 0 Å². The van der Waals surface area contributed by atoms with Crippen molar-refractivity contribution in [2.75, 3.05) is 0 Å². The van der Waals surface area contributed by atoms with Crippen LogP contribution in [0.1, 0.15) is 25.0 Å². The zero-order valence-electron chi connectivity index (χ0n) is 15.2. The van der Waals surface area contributed by atoms with Crippen LogP contribution < -0.4 is 34.7 Å². The molecule has 0 spiro atoms. The van der Waals surface area contributed by atoms with Crippen LogP contribution in [-0.4, -0.2) is 6.10 Å². The van der Waals surface area contributed by atoms with Crippen molar-refractivity contribution in [2.45, 2.75) is 20.0 Å². The molecule has 2 aromatic carbocycles.